The van der Waals surface area contributed by atoms with Gasteiger partial charge in [-0.05, 0) is 49.5 Å². The lowest BCUT2D eigenvalue weighted by Crippen LogP contribution is -2.42. The van der Waals surface area contributed by atoms with Crippen LogP contribution >= 0.6 is 12.2 Å². The summed E-state index contributed by atoms with van der Waals surface area (Å²) in [7, 11) is 0. The van der Waals surface area contributed by atoms with Crippen molar-refractivity contribution in [2.45, 2.75) is 38.6 Å². The van der Waals surface area contributed by atoms with Crippen LogP contribution in [0.1, 0.15) is 38.2 Å². The Kier molecular flexibility index (Phi) is 4.58. The van der Waals surface area contributed by atoms with Crippen molar-refractivity contribution in [2.75, 3.05) is 0 Å². The summed E-state index contributed by atoms with van der Waals surface area (Å²) in [6.45, 7) is 12.7. The third kappa shape index (κ3) is 2.68. The number of fused-ring (bicyclic) bond motifs is 1. The SMILES string of the molecule is C=C[C@@]1(C)CC[C@@H](C(=C)C)[C@H](c2c[nH]c3ccccc23)[C@H]1N=C=S. The number of H-pyrrole nitrogens is 1. The number of aromatic amines is 1. The first-order chi connectivity index (χ1) is 11.5. The molecule has 24 heavy (non-hydrogen) atoms. The monoisotopic (exact) mass is 336 g/mol. The van der Waals surface area contributed by atoms with Crippen molar-refractivity contribution in [3.63, 3.8) is 0 Å². The zero-order valence-electron chi connectivity index (χ0n) is 14.4. The Bertz CT molecular complexity index is 827. The minimum absolute atomic E-state index is 0.0298. The number of nitrogens with one attached hydrogen (secondary N) is 1. The molecular weight excluding hydrogens is 312 g/mol. The van der Waals surface area contributed by atoms with Crippen LogP contribution in [0.5, 0.6) is 0 Å². The Morgan fingerprint density at radius 2 is 2.21 bits per heavy atom. The lowest BCUT2D eigenvalue weighted by molar-refractivity contribution is 0.174. The van der Waals surface area contributed by atoms with E-state index in [1.807, 2.05) is 6.08 Å². The number of hydrogen-bond donors (Lipinski definition) is 1. The fourth-order valence-electron chi connectivity index (χ4n) is 4.24. The van der Waals surface area contributed by atoms with Gasteiger partial charge in [0.1, 0.15) is 0 Å². The lowest BCUT2D eigenvalue weighted by Gasteiger charge is -2.46. The fourth-order valence-corrected chi connectivity index (χ4v) is 4.35. The summed E-state index contributed by atoms with van der Waals surface area (Å²) in [6.07, 6.45) is 6.31. The predicted octanol–water partition coefficient (Wildman–Crippen LogP) is 5.90. The molecule has 1 heterocycles. The molecule has 1 saturated carbocycles. The van der Waals surface area contributed by atoms with Crippen molar-refractivity contribution in [2.24, 2.45) is 16.3 Å². The molecule has 1 N–H and O–H groups in total. The molecule has 0 amide bonds. The number of hydrogen-bond acceptors (Lipinski definition) is 2. The zero-order chi connectivity index (χ0) is 17.3. The van der Waals surface area contributed by atoms with Crippen LogP contribution in [0.4, 0.5) is 0 Å². The highest BCUT2D eigenvalue weighted by Crippen LogP contribution is 2.52. The minimum atomic E-state index is -0.0825. The molecule has 3 heteroatoms. The van der Waals surface area contributed by atoms with Crippen LogP contribution in [0.2, 0.25) is 0 Å². The average molecular weight is 337 g/mol. The Balaban J connectivity index is 2.21. The van der Waals surface area contributed by atoms with Crippen LogP contribution < -0.4 is 0 Å². The standard InChI is InChI=1S/C21H24N2S/c1-5-21(4)11-10-15(14(2)3)19(20(21)23-13-24)17-12-22-18-9-7-6-8-16(17)18/h5-9,12,15,19-20,22H,1-2,10-11H2,3-4H3/t15-,19+,20+,21-/m0/s1. The predicted molar refractivity (Wildman–Crippen MR) is 106 cm³/mol. The van der Waals surface area contributed by atoms with E-state index in [9.17, 15) is 0 Å². The fraction of sp³-hybridized carbons (Fsp3) is 0.381. The first kappa shape index (κ1) is 16.9. The minimum Gasteiger partial charge on any atom is -0.361 e. The Morgan fingerprint density at radius 1 is 1.46 bits per heavy atom. The Labute approximate surface area is 149 Å². The molecule has 1 aliphatic carbocycles. The Morgan fingerprint density at radius 3 is 2.88 bits per heavy atom. The van der Waals surface area contributed by atoms with Gasteiger partial charge < -0.3 is 4.98 Å². The average Bonchev–Trinajstić information content (AvgIpc) is 3.00. The van der Waals surface area contributed by atoms with E-state index >= 15 is 0 Å². The van der Waals surface area contributed by atoms with Crippen LogP contribution in [0, 0.1) is 11.3 Å². The maximum atomic E-state index is 4.98. The summed E-state index contributed by atoms with van der Waals surface area (Å²) >= 11 is 4.98. The maximum absolute atomic E-state index is 4.98. The molecular formula is C21H24N2S. The van der Waals surface area contributed by atoms with Crippen molar-refractivity contribution in [1.82, 2.24) is 4.98 Å². The van der Waals surface area contributed by atoms with Gasteiger partial charge in [0.25, 0.3) is 0 Å². The van der Waals surface area contributed by atoms with Crippen molar-refractivity contribution >= 4 is 28.3 Å². The van der Waals surface area contributed by atoms with Crippen LogP contribution in [-0.4, -0.2) is 16.2 Å². The normalized spacial score (nSPS) is 29.8. The zero-order valence-corrected chi connectivity index (χ0v) is 15.2. The van der Waals surface area contributed by atoms with Crippen molar-refractivity contribution in [3.05, 3.63) is 60.8 Å². The van der Waals surface area contributed by atoms with Gasteiger partial charge in [0, 0.05) is 28.4 Å². The number of nitrogens with zero attached hydrogens (tertiary/aromatic N) is 1. The number of para-hydroxylation sites is 1. The number of benzene rings is 1. The van der Waals surface area contributed by atoms with Gasteiger partial charge in [-0.15, -0.1) is 6.58 Å². The molecule has 0 aliphatic heterocycles. The van der Waals surface area contributed by atoms with Gasteiger partial charge >= 0.3 is 0 Å². The number of aliphatic imine (C=N–C) groups is 1. The molecule has 124 valence electrons. The van der Waals surface area contributed by atoms with Crippen molar-refractivity contribution in [3.8, 4) is 0 Å². The summed E-state index contributed by atoms with van der Waals surface area (Å²) in [5.74, 6) is 0.611. The summed E-state index contributed by atoms with van der Waals surface area (Å²) in [5, 5.41) is 3.90. The van der Waals surface area contributed by atoms with E-state index < -0.39 is 0 Å². The molecule has 0 spiro atoms. The van der Waals surface area contributed by atoms with Gasteiger partial charge in [-0.2, -0.15) is 0 Å². The molecule has 1 aliphatic rings. The van der Waals surface area contributed by atoms with Crippen LogP contribution in [0.15, 0.2) is 60.3 Å². The summed E-state index contributed by atoms with van der Waals surface area (Å²) in [4.78, 5) is 8.03. The van der Waals surface area contributed by atoms with E-state index in [2.05, 4.69) is 72.6 Å². The van der Waals surface area contributed by atoms with Gasteiger partial charge in [0.2, 0.25) is 0 Å². The molecule has 1 aromatic heterocycles. The molecule has 2 nitrogen and oxygen atoms in total. The number of aromatic nitrogens is 1. The van der Waals surface area contributed by atoms with Gasteiger partial charge in [-0.1, -0.05) is 43.4 Å². The maximum Gasteiger partial charge on any atom is 0.0765 e. The van der Waals surface area contributed by atoms with E-state index in [-0.39, 0.29) is 17.4 Å². The van der Waals surface area contributed by atoms with E-state index in [4.69, 9.17) is 12.2 Å². The van der Waals surface area contributed by atoms with Crippen LogP contribution in [0.25, 0.3) is 10.9 Å². The third-order valence-corrected chi connectivity index (χ3v) is 5.82. The second-order valence-electron chi connectivity index (χ2n) is 7.18. The van der Waals surface area contributed by atoms with Crippen molar-refractivity contribution in [1.29, 1.82) is 0 Å². The van der Waals surface area contributed by atoms with Gasteiger partial charge in [-0.3, -0.25) is 0 Å². The van der Waals surface area contributed by atoms with E-state index in [0.717, 1.165) is 18.4 Å². The van der Waals surface area contributed by atoms with E-state index in [1.54, 1.807) is 0 Å². The molecule has 0 bridgehead atoms. The smallest absolute Gasteiger partial charge is 0.0765 e. The van der Waals surface area contributed by atoms with Crippen LogP contribution in [-0.2, 0) is 0 Å². The first-order valence-electron chi connectivity index (χ1n) is 8.44. The van der Waals surface area contributed by atoms with Gasteiger partial charge in [0.15, 0.2) is 0 Å². The summed E-state index contributed by atoms with van der Waals surface area (Å²) in [6, 6.07) is 8.46. The molecule has 0 unspecified atom stereocenters. The van der Waals surface area contributed by atoms with Crippen molar-refractivity contribution < 1.29 is 0 Å². The molecule has 2 aromatic rings. The number of isothiocyanates is 1. The van der Waals surface area contributed by atoms with Crippen LogP contribution in [0.3, 0.4) is 0 Å². The summed E-state index contributed by atoms with van der Waals surface area (Å²) < 4.78 is 0. The lowest BCUT2D eigenvalue weighted by atomic mass is 9.59. The number of allylic oxidation sites excluding steroid dienone is 1. The number of thiocarbonyl (C=S) groups is 1. The second kappa shape index (κ2) is 6.51. The first-order valence-corrected chi connectivity index (χ1v) is 8.84. The topological polar surface area (TPSA) is 28.1 Å². The summed E-state index contributed by atoms with van der Waals surface area (Å²) in [5.41, 5.74) is 3.58. The van der Waals surface area contributed by atoms with Gasteiger partial charge in [-0.25, -0.2) is 4.99 Å². The molecule has 3 rings (SSSR count). The number of rotatable bonds is 4. The van der Waals surface area contributed by atoms with Gasteiger partial charge in [0.05, 0.1) is 11.2 Å². The highest BCUT2D eigenvalue weighted by atomic mass is 32.1. The Hall–Kier alpha value is -1.96. The highest BCUT2D eigenvalue weighted by molar-refractivity contribution is 7.78. The molecule has 4 atom stereocenters. The largest absolute Gasteiger partial charge is 0.361 e. The highest BCUT2D eigenvalue weighted by Gasteiger charge is 2.46. The van der Waals surface area contributed by atoms with E-state index in [1.165, 1.54) is 16.5 Å². The molecule has 0 radical (unpaired) electrons. The molecule has 1 fully saturated rings. The van der Waals surface area contributed by atoms with E-state index in [0.29, 0.717) is 5.92 Å². The second-order valence-corrected chi connectivity index (χ2v) is 7.36. The third-order valence-electron chi connectivity index (χ3n) is 5.71. The molecule has 0 saturated heterocycles. The molecule has 1 aromatic carbocycles. The quantitative estimate of drug-likeness (QED) is 0.420.